The maximum absolute atomic E-state index is 11.4. The number of H-pyrrole nitrogens is 2. The molecule has 3 heterocycles. The van der Waals surface area contributed by atoms with Gasteiger partial charge in [0.15, 0.2) is 5.82 Å². The van der Waals surface area contributed by atoms with Crippen LogP contribution in [0.2, 0.25) is 0 Å². The molecule has 0 saturated heterocycles. The van der Waals surface area contributed by atoms with Crippen molar-refractivity contribution >= 4 is 16.9 Å². The van der Waals surface area contributed by atoms with Crippen molar-refractivity contribution in [2.45, 2.75) is 19.9 Å². The zero-order valence-electron chi connectivity index (χ0n) is 14.3. The molecule has 0 atom stereocenters. The average molecular weight is 346 g/mol. The van der Waals surface area contributed by atoms with E-state index < -0.39 is 0 Å². The number of pyridine rings is 1. The summed E-state index contributed by atoms with van der Waals surface area (Å²) in [4.78, 5) is 30.1. The molecule has 0 bridgehead atoms. The number of nitrogens with one attached hydrogen (secondary N) is 3. The van der Waals surface area contributed by atoms with Crippen molar-refractivity contribution in [3.05, 3.63) is 70.5 Å². The number of hydrogen-bond acceptors (Lipinski definition) is 5. The molecule has 0 aliphatic heterocycles. The second-order valence-electron chi connectivity index (χ2n) is 5.97. The number of hydrogen-bond donors (Lipinski definition) is 3. The number of rotatable bonds is 5. The molecule has 26 heavy (non-hydrogen) atoms. The zero-order chi connectivity index (χ0) is 17.9. The second-order valence-corrected chi connectivity index (χ2v) is 5.97. The molecule has 7 heteroatoms. The van der Waals surface area contributed by atoms with E-state index in [1.165, 1.54) is 0 Å². The third-order valence-electron chi connectivity index (χ3n) is 4.13. The van der Waals surface area contributed by atoms with Gasteiger partial charge in [0, 0.05) is 36.3 Å². The Hall–Kier alpha value is -3.48. The number of aromatic amines is 2. The summed E-state index contributed by atoms with van der Waals surface area (Å²) >= 11 is 0. The highest BCUT2D eigenvalue weighted by atomic mass is 16.1. The molecule has 1 aromatic carbocycles. The van der Waals surface area contributed by atoms with Crippen LogP contribution in [0.1, 0.15) is 18.2 Å². The van der Waals surface area contributed by atoms with Gasteiger partial charge < -0.3 is 15.3 Å². The van der Waals surface area contributed by atoms with Crippen LogP contribution in [0.4, 0.5) is 5.82 Å². The van der Waals surface area contributed by atoms with E-state index in [9.17, 15) is 4.79 Å². The van der Waals surface area contributed by atoms with Gasteiger partial charge in [-0.2, -0.15) is 0 Å². The van der Waals surface area contributed by atoms with E-state index in [4.69, 9.17) is 0 Å². The lowest BCUT2D eigenvalue weighted by Crippen LogP contribution is -2.05. The molecule has 4 aromatic rings. The first-order chi connectivity index (χ1) is 12.7. The van der Waals surface area contributed by atoms with Crippen molar-refractivity contribution in [3.63, 3.8) is 0 Å². The van der Waals surface area contributed by atoms with Gasteiger partial charge in [-0.3, -0.25) is 4.98 Å². The van der Waals surface area contributed by atoms with Crippen LogP contribution < -0.4 is 11.0 Å². The van der Waals surface area contributed by atoms with Crippen LogP contribution >= 0.6 is 0 Å². The minimum Gasteiger partial charge on any atom is -0.366 e. The van der Waals surface area contributed by atoms with Crippen LogP contribution in [-0.4, -0.2) is 24.9 Å². The van der Waals surface area contributed by atoms with Gasteiger partial charge in [-0.25, -0.2) is 14.8 Å². The van der Waals surface area contributed by atoms with Crippen LogP contribution in [-0.2, 0) is 13.0 Å². The van der Waals surface area contributed by atoms with Gasteiger partial charge in [-0.05, 0) is 36.2 Å². The maximum Gasteiger partial charge on any atom is 0.323 e. The summed E-state index contributed by atoms with van der Waals surface area (Å²) in [6.45, 7) is 2.66. The Morgan fingerprint density at radius 3 is 2.62 bits per heavy atom. The Kier molecular flexibility index (Phi) is 4.18. The van der Waals surface area contributed by atoms with Crippen LogP contribution in [0.15, 0.2) is 53.6 Å². The van der Waals surface area contributed by atoms with Gasteiger partial charge in [0.25, 0.3) is 0 Å². The van der Waals surface area contributed by atoms with Crippen molar-refractivity contribution < 1.29 is 0 Å². The van der Waals surface area contributed by atoms with Gasteiger partial charge in [0.1, 0.15) is 5.82 Å². The number of aromatic nitrogens is 5. The molecular weight excluding hydrogens is 328 g/mol. The Bertz CT molecular complexity index is 1100. The topological polar surface area (TPSA) is 99.3 Å². The number of benzene rings is 1. The monoisotopic (exact) mass is 346 g/mol. The summed E-state index contributed by atoms with van der Waals surface area (Å²) in [6.07, 6.45) is 4.29. The van der Waals surface area contributed by atoms with Gasteiger partial charge >= 0.3 is 5.69 Å². The standard InChI is InChI=1S/C19H18N6O/c1-2-14-10-17(25-18(22-14)13-5-7-20-8-6-13)21-11-12-3-4-15-16(9-12)24-19(26)23-15/h3-10H,2,11H2,1H3,(H,21,22,25)(H2,23,24,26). The Morgan fingerprint density at radius 1 is 1.00 bits per heavy atom. The average Bonchev–Trinajstić information content (AvgIpc) is 3.06. The Balaban J connectivity index is 1.59. The Labute approximate surface area is 149 Å². The van der Waals surface area contributed by atoms with Crippen molar-refractivity contribution in [3.8, 4) is 11.4 Å². The minimum absolute atomic E-state index is 0.199. The second kappa shape index (κ2) is 6.79. The normalized spacial score (nSPS) is 11.0. The quantitative estimate of drug-likeness (QED) is 0.516. The summed E-state index contributed by atoms with van der Waals surface area (Å²) in [5.74, 6) is 1.45. The fourth-order valence-corrected chi connectivity index (χ4v) is 2.78. The molecule has 0 fully saturated rings. The van der Waals surface area contributed by atoms with Crippen LogP contribution in [0, 0.1) is 0 Å². The first kappa shape index (κ1) is 16.0. The highest BCUT2D eigenvalue weighted by molar-refractivity contribution is 5.75. The first-order valence-electron chi connectivity index (χ1n) is 8.44. The number of fused-ring (bicyclic) bond motifs is 1. The third kappa shape index (κ3) is 3.32. The number of aryl methyl sites for hydroxylation is 1. The lowest BCUT2D eigenvalue weighted by atomic mass is 10.2. The number of nitrogens with zero attached hydrogens (tertiary/aromatic N) is 3. The van der Waals surface area contributed by atoms with E-state index >= 15 is 0 Å². The molecule has 0 spiro atoms. The van der Waals surface area contributed by atoms with Crippen LogP contribution in [0.25, 0.3) is 22.4 Å². The summed E-state index contributed by atoms with van der Waals surface area (Å²) in [5.41, 5.74) is 4.35. The summed E-state index contributed by atoms with van der Waals surface area (Å²) in [7, 11) is 0. The minimum atomic E-state index is -0.199. The molecule has 0 unspecified atom stereocenters. The van der Waals surface area contributed by atoms with Gasteiger partial charge in [0.05, 0.1) is 11.0 Å². The van der Waals surface area contributed by atoms with E-state index in [0.717, 1.165) is 40.1 Å². The SMILES string of the molecule is CCc1cc(NCc2ccc3[nH]c(=O)[nH]c3c2)nc(-c2ccncc2)n1. The highest BCUT2D eigenvalue weighted by Crippen LogP contribution is 2.18. The molecule has 0 radical (unpaired) electrons. The number of anilines is 1. The predicted molar refractivity (Wildman–Crippen MR) is 101 cm³/mol. The smallest absolute Gasteiger partial charge is 0.323 e. The van der Waals surface area contributed by atoms with E-state index in [0.29, 0.717) is 12.4 Å². The zero-order valence-corrected chi connectivity index (χ0v) is 14.3. The molecular formula is C19H18N6O. The van der Waals surface area contributed by atoms with E-state index in [1.54, 1.807) is 12.4 Å². The van der Waals surface area contributed by atoms with Crippen LogP contribution in [0.3, 0.4) is 0 Å². The third-order valence-corrected chi connectivity index (χ3v) is 4.13. The molecule has 4 rings (SSSR count). The van der Waals surface area contributed by atoms with Crippen molar-refractivity contribution in [1.82, 2.24) is 24.9 Å². The number of imidazole rings is 1. The van der Waals surface area contributed by atoms with Crippen molar-refractivity contribution in [2.24, 2.45) is 0 Å². The molecule has 130 valence electrons. The lowest BCUT2D eigenvalue weighted by Gasteiger charge is -2.10. The first-order valence-corrected chi connectivity index (χ1v) is 8.44. The Morgan fingerprint density at radius 2 is 1.81 bits per heavy atom. The van der Waals surface area contributed by atoms with E-state index in [2.05, 4.69) is 37.2 Å². The lowest BCUT2D eigenvalue weighted by molar-refractivity contribution is 0.993. The summed E-state index contributed by atoms with van der Waals surface area (Å²) in [6, 6.07) is 11.6. The fourth-order valence-electron chi connectivity index (χ4n) is 2.78. The van der Waals surface area contributed by atoms with E-state index in [1.807, 2.05) is 36.4 Å². The maximum atomic E-state index is 11.4. The largest absolute Gasteiger partial charge is 0.366 e. The van der Waals surface area contributed by atoms with Crippen LogP contribution in [0.5, 0.6) is 0 Å². The van der Waals surface area contributed by atoms with Gasteiger partial charge in [0.2, 0.25) is 0 Å². The van der Waals surface area contributed by atoms with Gasteiger partial charge in [-0.1, -0.05) is 13.0 Å². The molecule has 3 aromatic heterocycles. The summed E-state index contributed by atoms with van der Waals surface area (Å²) < 4.78 is 0. The van der Waals surface area contributed by atoms with Gasteiger partial charge in [-0.15, -0.1) is 0 Å². The molecule has 0 saturated carbocycles. The van der Waals surface area contributed by atoms with Crippen molar-refractivity contribution in [2.75, 3.05) is 5.32 Å². The van der Waals surface area contributed by atoms with E-state index in [-0.39, 0.29) is 5.69 Å². The molecule has 0 aliphatic carbocycles. The highest BCUT2D eigenvalue weighted by Gasteiger charge is 2.07. The predicted octanol–water partition coefficient (Wildman–Crippen LogP) is 2.88. The van der Waals surface area contributed by atoms with Crippen molar-refractivity contribution in [1.29, 1.82) is 0 Å². The summed E-state index contributed by atoms with van der Waals surface area (Å²) in [5, 5.41) is 3.35. The molecule has 0 amide bonds. The fraction of sp³-hybridized carbons (Fsp3) is 0.158. The molecule has 7 nitrogen and oxygen atoms in total. The molecule has 3 N–H and O–H groups in total. The molecule has 0 aliphatic rings.